The van der Waals surface area contributed by atoms with Gasteiger partial charge in [0.25, 0.3) is 5.91 Å². The molecule has 2 heterocycles. The molecule has 1 aromatic heterocycles. The van der Waals surface area contributed by atoms with Crippen molar-refractivity contribution in [2.75, 3.05) is 25.0 Å². The summed E-state index contributed by atoms with van der Waals surface area (Å²) >= 11 is 6.29. The Labute approximate surface area is 209 Å². The van der Waals surface area contributed by atoms with Gasteiger partial charge in [-0.15, -0.1) is 0 Å². The van der Waals surface area contributed by atoms with Crippen molar-refractivity contribution in [3.05, 3.63) is 76.4 Å². The van der Waals surface area contributed by atoms with E-state index in [1.54, 1.807) is 12.3 Å². The summed E-state index contributed by atoms with van der Waals surface area (Å²) in [7, 11) is 0. The summed E-state index contributed by atoms with van der Waals surface area (Å²) < 4.78 is 6.08. The molecule has 5 rings (SSSR count). The van der Waals surface area contributed by atoms with Crippen LogP contribution in [0.25, 0.3) is 11.1 Å². The number of pyridine rings is 1. The lowest BCUT2D eigenvalue weighted by molar-refractivity contribution is 0.0951. The van der Waals surface area contributed by atoms with Crippen molar-refractivity contribution in [2.45, 2.75) is 31.4 Å². The van der Waals surface area contributed by atoms with Crippen molar-refractivity contribution in [1.82, 2.24) is 15.6 Å². The number of benzene rings is 2. The monoisotopic (exact) mass is 487 g/mol. The highest BCUT2D eigenvalue weighted by Crippen LogP contribution is 2.33. The van der Waals surface area contributed by atoms with Gasteiger partial charge in [-0.2, -0.15) is 5.26 Å². The van der Waals surface area contributed by atoms with E-state index in [1.807, 2.05) is 42.5 Å². The molecule has 1 aliphatic carbocycles. The van der Waals surface area contributed by atoms with Crippen LogP contribution in [0.4, 0.5) is 5.69 Å². The Balaban J connectivity index is 1.17. The Morgan fingerprint density at radius 2 is 2.00 bits per heavy atom. The van der Waals surface area contributed by atoms with Crippen LogP contribution in [0.1, 0.15) is 34.3 Å². The Kier molecular flexibility index (Phi) is 6.84. The van der Waals surface area contributed by atoms with Gasteiger partial charge >= 0.3 is 0 Å². The smallest absolute Gasteiger partial charge is 0.253 e. The summed E-state index contributed by atoms with van der Waals surface area (Å²) in [6, 6.07) is 17.5. The average molecular weight is 488 g/mol. The molecule has 0 radical (unpaired) electrons. The van der Waals surface area contributed by atoms with Gasteiger partial charge in [0.15, 0.2) is 0 Å². The second-order valence-electron chi connectivity index (χ2n) is 8.90. The Morgan fingerprint density at radius 3 is 2.77 bits per heavy atom. The predicted molar refractivity (Wildman–Crippen MR) is 136 cm³/mol. The first kappa shape index (κ1) is 23.2. The van der Waals surface area contributed by atoms with Gasteiger partial charge < -0.3 is 20.7 Å². The topological polar surface area (TPSA) is 99.1 Å². The van der Waals surface area contributed by atoms with E-state index >= 15 is 0 Å². The maximum absolute atomic E-state index is 12.5. The number of hydrogen-bond donors (Lipinski definition) is 3. The lowest BCUT2D eigenvalue weighted by Gasteiger charge is -2.27. The average Bonchev–Trinajstić information content (AvgIpc) is 3.71. The molecular formula is C27H26ClN5O2. The predicted octanol–water partition coefficient (Wildman–Crippen LogP) is 4.17. The number of nitriles is 1. The highest BCUT2D eigenvalue weighted by atomic mass is 35.5. The first-order chi connectivity index (χ1) is 17.1. The molecule has 0 bridgehead atoms. The summed E-state index contributed by atoms with van der Waals surface area (Å²) in [5.74, 6) is 0.431. The zero-order valence-electron chi connectivity index (χ0n) is 19.2. The van der Waals surface area contributed by atoms with Crippen LogP contribution in [-0.4, -0.2) is 42.7 Å². The van der Waals surface area contributed by atoms with Gasteiger partial charge in [0, 0.05) is 24.3 Å². The lowest BCUT2D eigenvalue weighted by Crippen LogP contribution is -2.40. The Morgan fingerprint density at radius 1 is 1.17 bits per heavy atom. The van der Waals surface area contributed by atoms with Gasteiger partial charge in [0.2, 0.25) is 5.88 Å². The van der Waals surface area contributed by atoms with Crippen molar-refractivity contribution in [1.29, 1.82) is 5.26 Å². The Bertz CT molecular complexity index is 1270. The molecule has 1 aliphatic heterocycles. The molecule has 3 N–H and O–H groups in total. The quantitative estimate of drug-likeness (QED) is 0.412. The van der Waals surface area contributed by atoms with E-state index in [9.17, 15) is 4.79 Å². The number of aromatic nitrogens is 1. The molecule has 0 saturated heterocycles. The van der Waals surface area contributed by atoms with Crippen LogP contribution in [0, 0.1) is 11.3 Å². The molecule has 3 aromatic rings. The number of ether oxygens (including phenoxy) is 1. The number of amides is 1. The molecular weight excluding hydrogens is 462 g/mol. The minimum atomic E-state index is -0.138. The molecule has 1 atom stereocenters. The SMILES string of the molecule is N#Cc1ccc(CCNC[C@@H]2CNc3cc(-c4ccc(Cl)c(C(=O)NC5CC5)c4)cnc3O2)cc1. The van der Waals surface area contributed by atoms with E-state index in [0.29, 0.717) is 35.1 Å². The van der Waals surface area contributed by atoms with E-state index in [-0.39, 0.29) is 18.1 Å². The fraction of sp³-hybridized carbons (Fsp3) is 0.296. The van der Waals surface area contributed by atoms with Gasteiger partial charge in [-0.1, -0.05) is 29.8 Å². The zero-order chi connectivity index (χ0) is 24.2. The molecule has 1 amide bonds. The van der Waals surface area contributed by atoms with Gasteiger partial charge in [-0.3, -0.25) is 4.79 Å². The number of anilines is 1. The van der Waals surface area contributed by atoms with E-state index < -0.39 is 0 Å². The Hall–Kier alpha value is -3.60. The number of nitrogens with one attached hydrogen (secondary N) is 3. The second kappa shape index (κ2) is 10.3. The van der Waals surface area contributed by atoms with E-state index in [2.05, 4.69) is 27.0 Å². The number of carbonyl (C=O) groups is 1. The van der Waals surface area contributed by atoms with Crippen molar-refractivity contribution in [3.63, 3.8) is 0 Å². The van der Waals surface area contributed by atoms with E-state index in [1.165, 1.54) is 5.56 Å². The van der Waals surface area contributed by atoms with Crippen LogP contribution in [0.15, 0.2) is 54.7 Å². The molecule has 178 valence electrons. The summed E-state index contributed by atoms with van der Waals surface area (Å²) in [5.41, 5.74) is 4.93. The number of nitrogens with zero attached hydrogens (tertiary/aromatic N) is 2. The molecule has 2 aliphatic rings. The zero-order valence-corrected chi connectivity index (χ0v) is 19.9. The summed E-state index contributed by atoms with van der Waals surface area (Å²) in [4.78, 5) is 17.0. The molecule has 7 nitrogen and oxygen atoms in total. The maximum atomic E-state index is 12.5. The third kappa shape index (κ3) is 5.73. The third-order valence-electron chi connectivity index (χ3n) is 6.15. The van der Waals surface area contributed by atoms with Gasteiger partial charge in [-0.25, -0.2) is 4.98 Å². The molecule has 1 saturated carbocycles. The largest absolute Gasteiger partial charge is 0.470 e. The van der Waals surface area contributed by atoms with Crippen LogP contribution in [0.2, 0.25) is 5.02 Å². The van der Waals surface area contributed by atoms with Crippen LogP contribution < -0.4 is 20.7 Å². The maximum Gasteiger partial charge on any atom is 0.253 e. The van der Waals surface area contributed by atoms with Gasteiger partial charge in [0.05, 0.1) is 34.5 Å². The molecule has 8 heteroatoms. The summed E-state index contributed by atoms with van der Waals surface area (Å²) in [6.07, 6.45) is 4.66. The van der Waals surface area contributed by atoms with Crippen molar-refractivity contribution in [3.8, 4) is 23.1 Å². The molecule has 35 heavy (non-hydrogen) atoms. The van der Waals surface area contributed by atoms with Crippen LogP contribution in [0.5, 0.6) is 5.88 Å². The number of carbonyl (C=O) groups excluding carboxylic acids is 1. The second-order valence-corrected chi connectivity index (χ2v) is 9.31. The van der Waals surface area contributed by atoms with Gasteiger partial charge in [0.1, 0.15) is 6.10 Å². The third-order valence-corrected chi connectivity index (χ3v) is 6.48. The molecule has 0 spiro atoms. The van der Waals surface area contributed by atoms with Crippen LogP contribution >= 0.6 is 11.6 Å². The summed E-state index contributed by atoms with van der Waals surface area (Å²) in [5, 5.41) is 19.2. The normalized spacial score (nSPS) is 16.4. The molecule has 2 aromatic carbocycles. The molecule has 0 unspecified atom stereocenters. The minimum Gasteiger partial charge on any atom is -0.470 e. The standard InChI is InChI=1S/C27H26ClN5O2/c28-24-8-5-19(11-23(24)26(34)33-21-6-7-21)20-12-25-27(32-14-20)35-22(16-31-25)15-30-10-9-17-1-3-18(13-29)4-2-17/h1-5,8,11-12,14,21-22,30-31H,6-7,9-10,15-16H2,(H,33,34)/t22-/m1/s1. The number of rotatable bonds is 8. The number of hydrogen-bond acceptors (Lipinski definition) is 6. The first-order valence-corrected chi connectivity index (χ1v) is 12.2. The van der Waals surface area contributed by atoms with Gasteiger partial charge in [-0.05, 0) is 67.3 Å². The van der Waals surface area contributed by atoms with Crippen LogP contribution in [0.3, 0.4) is 0 Å². The number of fused-ring (bicyclic) bond motifs is 1. The fourth-order valence-electron chi connectivity index (χ4n) is 3.98. The van der Waals surface area contributed by atoms with Crippen LogP contribution in [-0.2, 0) is 6.42 Å². The fourth-order valence-corrected chi connectivity index (χ4v) is 4.18. The number of halogens is 1. The molecule has 1 fully saturated rings. The summed E-state index contributed by atoms with van der Waals surface area (Å²) in [6.45, 7) is 2.18. The van der Waals surface area contributed by atoms with Crippen molar-refractivity contribution < 1.29 is 9.53 Å². The minimum absolute atomic E-state index is 0.0323. The highest BCUT2D eigenvalue weighted by Gasteiger charge is 2.25. The van der Waals surface area contributed by atoms with Crippen molar-refractivity contribution >= 4 is 23.2 Å². The van der Waals surface area contributed by atoms with Crippen molar-refractivity contribution in [2.24, 2.45) is 0 Å². The first-order valence-electron chi connectivity index (χ1n) is 11.8. The lowest BCUT2D eigenvalue weighted by atomic mass is 10.0. The van der Waals surface area contributed by atoms with E-state index in [4.69, 9.17) is 21.6 Å². The highest BCUT2D eigenvalue weighted by molar-refractivity contribution is 6.34. The van der Waals surface area contributed by atoms with E-state index in [0.717, 1.165) is 42.6 Å².